The summed E-state index contributed by atoms with van der Waals surface area (Å²) in [5.41, 5.74) is 3.63. The van der Waals surface area contributed by atoms with Gasteiger partial charge in [-0.15, -0.1) is 0 Å². The minimum Gasteiger partial charge on any atom is -0.497 e. The largest absolute Gasteiger partial charge is 0.497 e. The second kappa shape index (κ2) is 7.75. The molecule has 27 heavy (non-hydrogen) atoms. The molecule has 3 aromatic rings. The van der Waals surface area contributed by atoms with Gasteiger partial charge in [0.25, 0.3) is 0 Å². The number of nitrogens with zero attached hydrogens (tertiary/aromatic N) is 4. The van der Waals surface area contributed by atoms with E-state index in [1.54, 1.807) is 20.4 Å². The molecular weight excluding hydrogens is 342 g/mol. The number of fused-ring (bicyclic) bond motifs is 1. The van der Waals surface area contributed by atoms with E-state index in [2.05, 4.69) is 15.2 Å². The van der Waals surface area contributed by atoms with E-state index in [0.717, 1.165) is 65.9 Å². The Bertz CT molecular complexity index is 941. The second-order valence-corrected chi connectivity index (χ2v) is 6.43. The van der Waals surface area contributed by atoms with Crippen LogP contribution in [-0.4, -0.2) is 55.4 Å². The molecule has 1 aromatic carbocycles. The minimum absolute atomic E-state index is 0.613. The highest BCUT2D eigenvalue weighted by Crippen LogP contribution is 2.28. The molecule has 1 aliphatic heterocycles. The van der Waals surface area contributed by atoms with Gasteiger partial charge in [-0.1, -0.05) is 6.07 Å². The standard InChI is InChI=1S/C20H23N5O2/c1-26-15-6-5-14(18(13-15)27-2)12-17-19-16(4-3-7-22-19)23-20(24-17)25-10-8-21-9-11-25/h3-7,13,21H,8-12H2,1-2H3. The number of piperazine rings is 1. The van der Waals surface area contributed by atoms with Crippen molar-refractivity contribution >= 4 is 17.0 Å². The van der Waals surface area contributed by atoms with Crippen LogP contribution in [0.1, 0.15) is 11.3 Å². The van der Waals surface area contributed by atoms with Gasteiger partial charge in [-0.05, 0) is 18.2 Å². The minimum atomic E-state index is 0.613. The zero-order valence-electron chi connectivity index (χ0n) is 15.6. The maximum Gasteiger partial charge on any atom is 0.226 e. The highest BCUT2D eigenvalue weighted by molar-refractivity contribution is 5.78. The molecule has 140 valence electrons. The third kappa shape index (κ3) is 3.64. The molecule has 0 bridgehead atoms. The predicted octanol–water partition coefficient (Wildman–Crippen LogP) is 2.04. The lowest BCUT2D eigenvalue weighted by atomic mass is 10.1. The number of methoxy groups -OCH3 is 2. The van der Waals surface area contributed by atoms with Crippen molar-refractivity contribution in [3.05, 3.63) is 47.8 Å². The topological polar surface area (TPSA) is 72.4 Å². The zero-order chi connectivity index (χ0) is 18.6. The highest BCUT2D eigenvalue weighted by Gasteiger charge is 2.18. The van der Waals surface area contributed by atoms with Crippen molar-refractivity contribution in [2.75, 3.05) is 45.3 Å². The van der Waals surface area contributed by atoms with Crippen molar-refractivity contribution in [2.24, 2.45) is 0 Å². The molecule has 7 heteroatoms. The van der Waals surface area contributed by atoms with Gasteiger partial charge < -0.3 is 19.7 Å². The van der Waals surface area contributed by atoms with Crippen molar-refractivity contribution in [1.82, 2.24) is 20.3 Å². The Morgan fingerprint density at radius 3 is 2.70 bits per heavy atom. The van der Waals surface area contributed by atoms with Crippen LogP contribution in [0, 0.1) is 0 Å². The van der Waals surface area contributed by atoms with Gasteiger partial charge in [-0.25, -0.2) is 9.97 Å². The number of anilines is 1. The number of benzene rings is 1. The first-order chi connectivity index (χ1) is 13.3. The summed E-state index contributed by atoms with van der Waals surface area (Å²) in [7, 11) is 3.32. The fraction of sp³-hybridized carbons (Fsp3) is 0.350. The maximum absolute atomic E-state index is 5.56. The van der Waals surface area contributed by atoms with E-state index in [9.17, 15) is 0 Å². The Morgan fingerprint density at radius 2 is 1.93 bits per heavy atom. The number of hydrogen-bond donors (Lipinski definition) is 1. The number of ether oxygens (including phenoxy) is 2. The SMILES string of the molecule is COc1ccc(Cc2nc(N3CCNCC3)nc3cccnc23)c(OC)c1. The lowest BCUT2D eigenvalue weighted by Gasteiger charge is -2.27. The third-order valence-corrected chi connectivity index (χ3v) is 4.77. The Balaban J connectivity index is 1.76. The van der Waals surface area contributed by atoms with Gasteiger partial charge in [0.05, 0.1) is 25.4 Å². The lowest BCUT2D eigenvalue weighted by molar-refractivity contribution is 0.391. The molecule has 4 rings (SSSR count). The third-order valence-electron chi connectivity index (χ3n) is 4.77. The quantitative estimate of drug-likeness (QED) is 0.742. The van der Waals surface area contributed by atoms with Crippen molar-refractivity contribution in [1.29, 1.82) is 0 Å². The normalized spacial score (nSPS) is 14.4. The van der Waals surface area contributed by atoms with Gasteiger partial charge in [0.15, 0.2) is 0 Å². The van der Waals surface area contributed by atoms with Crippen LogP contribution in [0.4, 0.5) is 5.95 Å². The van der Waals surface area contributed by atoms with Gasteiger partial charge in [0.1, 0.15) is 17.0 Å². The van der Waals surface area contributed by atoms with Gasteiger partial charge in [-0.2, -0.15) is 0 Å². The molecule has 0 radical (unpaired) electrons. The summed E-state index contributed by atoms with van der Waals surface area (Å²) in [6.07, 6.45) is 2.40. The first kappa shape index (κ1) is 17.5. The summed E-state index contributed by atoms with van der Waals surface area (Å²) in [5, 5.41) is 3.36. The first-order valence-corrected chi connectivity index (χ1v) is 9.06. The summed E-state index contributed by atoms with van der Waals surface area (Å²) < 4.78 is 10.9. The number of pyridine rings is 1. The molecule has 1 saturated heterocycles. The summed E-state index contributed by atoms with van der Waals surface area (Å²) in [5.74, 6) is 2.31. The molecule has 7 nitrogen and oxygen atoms in total. The molecule has 1 N–H and O–H groups in total. The summed E-state index contributed by atoms with van der Waals surface area (Å²) in [6, 6.07) is 9.74. The van der Waals surface area contributed by atoms with E-state index in [-0.39, 0.29) is 0 Å². The van der Waals surface area contributed by atoms with E-state index in [0.29, 0.717) is 6.42 Å². The van der Waals surface area contributed by atoms with Crippen LogP contribution in [0.2, 0.25) is 0 Å². The maximum atomic E-state index is 5.56. The van der Waals surface area contributed by atoms with Crippen molar-refractivity contribution in [3.8, 4) is 11.5 Å². The molecule has 1 aliphatic rings. The van der Waals surface area contributed by atoms with Crippen molar-refractivity contribution in [3.63, 3.8) is 0 Å². The van der Waals surface area contributed by atoms with E-state index < -0.39 is 0 Å². The molecule has 0 aliphatic carbocycles. The van der Waals surface area contributed by atoms with Crippen LogP contribution in [0.25, 0.3) is 11.0 Å². The zero-order valence-corrected chi connectivity index (χ0v) is 15.6. The number of rotatable bonds is 5. The van der Waals surface area contributed by atoms with Gasteiger partial charge in [0.2, 0.25) is 5.95 Å². The smallest absolute Gasteiger partial charge is 0.226 e. The van der Waals surface area contributed by atoms with E-state index in [1.807, 2.05) is 30.3 Å². The van der Waals surface area contributed by atoms with Crippen LogP contribution < -0.4 is 19.7 Å². The van der Waals surface area contributed by atoms with Crippen LogP contribution in [-0.2, 0) is 6.42 Å². The summed E-state index contributed by atoms with van der Waals surface area (Å²) in [6.45, 7) is 3.68. The van der Waals surface area contributed by atoms with Crippen LogP contribution in [0.3, 0.4) is 0 Å². The second-order valence-electron chi connectivity index (χ2n) is 6.43. The summed E-state index contributed by atoms with van der Waals surface area (Å²) >= 11 is 0. The lowest BCUT2D eigenvalue weighted by Crippen LogP contribution is -2.44. The van der Waals surface area contributed by atoms with Crippen LogP contribution in [0.15, 0.2) is 36.5 Å². The predicted molar refractivity (Wildman–Crippen MR) is 105 cm³/mol. The average Bonchev–Trinajstić information content (AvgIpc) is 2.74. The highest BCUT2D eigenvalue weighted by atomic mass is 16.5. The Kier molecular flexibility index (Phi) is 5.02. The Hall–Kier alpha value is -2.93. The fourth-order valence-electron chi connectivity index (χ4n) is 3.32. The Morgan fingerprint density at radius 1 is 1.07 bits per heavy atom. The van der Waals surface area contributed by atoms with Crippen molar-refractivity contribution < 1.29 is 9.47 Å². The molecule has 0 amide bonds. The monoisotopic (exact) mass is 365 g/mol. The first-order valence-electron chi connectivity index (χ1n) is 9.06. The van der Waals surface area contributed by atoms with Gasteiger partial charge in [-0.3, -0.25) is 4.98 Å². The average molecular weight is 365 g/mol. The molecule has 0 atom stereocenters. The van der Waals surface area contributed by atoms with Gasteiger partial charge >= 0.3 is 0 Å². The Labute approximate surface area is 158 Å². The van der Waals surface area contributed by atoms with Gasteiger partial charge in [0, 0.05) is 50.4 Å². The molecule has 3 heterocycles. The van der Waals surface area contributed by atoms with Crippen LogP contribution in [0.5, 0.6) is 11.5 Å². The van der Waals surface area contributed by atoms with Crippen molar-refractivity contribution in [2.45, 2.75) is 6.42 Å². The number of hydrogen-bond acceptors (Lipinski definition) is 7. The molecule has 1 fully saturated rings. The van der Waals surface area contributed by atoms with E-state index >= 15 is 0 Å². The number of nitrogens with one attached hydrogen (secondary N) is 1. The molecule has 0 unspecified atom stereocenters. The molecular formula is C20H23N5O2. The number of aromatic nitrogens is 3. The summed E-state index contributed by atoms with van der Waals surface area (Å²) in [4.78, 5) is 16.4. The van der Waals surface area contributed by atoms with E-state index in [4.69, 9.17) is 19.4 Å². The molecule has 0 spiro atoms. The molecule has 0 saturated carbocycles. The van der Waals surface area contributed by atoms with Crippen LogP contribution >= 0.6 is 0 Å². The molecule has 2 aromatic heterocycles. The fourth-order valence-corrected chi connectivity index (χ4v) is 3.32. The van der Waals surface area contributed by atoms with E-state index in [1.165, 1.54) is 0 Å².